The van der Waals surface area contributed by atoms with Gasteiger partial charge >= 0.3 is 10.2 Å². The van der Waals surface area contributed by atoms with Crippen LogP contribution in [0.4, 0.5) is 3.89 Å². The minimum Gasteiger partial charge on any atom is -0.282 e. The van der Waals surface area contributed by atoms with Gasteiger partial charge in [0.05, 0.1) is 5.69 Å². The number of nitrogens with one attached hydrogen (secondary N) is 1. The van der Waals surface area contributed by atoms with Crippen molar-refractivity contribution in [1.82, 2.24) is 10.2 Å². The molecule has 0 spiro atoms. The molecule has 0 saturated heterocycles. The summed E-state index contributed by atoms with van der Waals surface area (Å²) in [5, 5.41) is 6.61. The topological polar surface area (TPSA) is 62.8 Å². The van der Waals surface area contributed by atoms with Crippen molar-refractivity contribution in [1.29, 1.82) is 0 Å². The second-order valence-corrected chi connectivity index (χ2v) is 4.88. The summed E-state index contributed by atoms with van der Waals surface area (Å²) in [7, 11) is -4.46. The molecule has 6 heteroatoms. The van der Waals surface area contributed by atoms with E-state index < -0.39 is 16.0 Å². The Balaban J connectivity index is 2.31. The average Bonchev–Trinajstić information content (AvgIpc) is 2.47. The first-order chi connectivity index (χ1) is 6.56. The standard InChI is InChI=1S/C8H11FN2O2S/c9-14(12,13)5-8-6-3-1-2-4-7(6)10-11-8/h1-5H2,(H,10,11). The molecule has 1 aliphatic rings. The average molecular weight is 218 g/mol. The summed E-state index contributed by atoms with van der Waals surface area (Å²) < 4.78 is 33.4. The highest BCUT2D eigenvalue weighted by Crippen LogP contribution is 2.23. The Hall–Kier alpha value is -0.910. The fourth-order valence-electron chi connectivity index (χ4n) is 1.83. The summed E-state index contributed by atoms with van der Waals surface area (Å²) in [6.45, 7) is 0. The van der Waals surface area contributed by atoms with E-state index in [9.17, 15) is 12.3 Å². The number of aromatic nitrogens is 2. The molecule has 0 bridgehead atoms. The van der Waals surface area contributed by atoms with E-state index in [0.29, 0.717) is 5.69 Å². The van der Waals surface area contributed by atoms with Crippen LogP contribution >= 0.6 is 0 Å². The first-order valence-corrected chi connectivity index (χ1v) is 6.09. The van der Waals surface area contributed by atoms with Crippen LogP contribution in [0.2, 0.25) is 0 Å². The quantitative estimate of drug-likeness (QED) is 0.756. The van der Waals surface area contributed by atoms with E-state index in [-0.39, 0.29) is 0 Å². The Morgan fingerprint density at radius 1 is 1.36 bits per heavy atom. The molecule has 4 nitrogen and oxygen atoms in total. The van der Waals surface area contributed by atoms with Crippen molar-refractivity contribution in [3.05, 3.63) is 17.0 Å². The van der Waals surface area contributed by atoms with Gasteiger partial charge in [0.2, 0.25) is 0 Å². The van der Waals surface area contributed by atoms with Crippen LogP contribution in [0.5, 0.6) is 0 Å². The fraction of sp³-hybridized carbons (Fsp3) is 0.625. The van der Waals surface area contributed by atoms with Gasteiger partial charge in [0.25, 0.3) is 0 Å². The number of H-pyrrole nitrogens is 1. The molecule has 0 radical (unpaired) electrons. The van der Waals surface area contributed by atoms with Crippen LogP contribution in [-0.4, -0.2) is 18.6 Å². The molecule has 0 unspecified atom stereocenters. The molecule has 78 valence electrons. The Morgan fingerprint density at radius 2 is 2.07 bits per heavy atom. The summed E-state index contributed by atoms with van der Waals surface area (Å²) in [5.41, 5.74) is 2.22. The highest BCUT2D eigenvalue weighted by molar-refractivity contribution is 7.85. The van der Waals surface area contributed by atoms with Gasteiger partial charge in [0.1, 0.15) is 5.75 Å². The van der Waals surface area contributed by atoms with Crippen LogP contribution in [0.1, 0.15) is 29.8 Å². The lowest BCUT2D eigenvalue weighted by Crippen LogP contribution is -2.05. The molecule has 2 rings (SSSR count). The first kappa shape index (κ1) is 9.64. The molecule has 1 aromatic heterocycles. The molecule has 0 amide bonds. The van der Waals surface area contributed by atoms with Gasteiger partial charge in [-0.25, -0.2) is 0 Å². The third-order valence-electron chi connectivity index (χ3n) is 2.45. The van der Waals surface area contributed by atoms with Gasteiger partial charge < -0.3 is 0 Å². The van der Waals surface area contributed by atoms with E-state index in [1.165, 1.54) is 0 Å². The van der Waals surface area contributed by atoms with Gasteiger partial charge in [-0.3, -0.25) is 5.10 Å². The Bertz CT molecular complexity index is 438. The van der Waals surface area contributed by atoms with Crippen molar-refractivity contribution in [3.8, 4) is 0 Å². The molecule has 1 aliphatic carbocycles. The molecule has 0 fully saturated rings. The van der Waals surface area contributed by atoms with Gasteiger partial charge in [-0.15, -0.1) is 3.89 Å². The summed E-state index contributed by atoms with van der Waals surface area (Å²) in [6, 6.07) is 0. The Morgan fingerprint density at radius 3 is 2.79 bits per heavy atom. The van der Waals surface area contributed by atoms with Crippen molar-refractivity contribution in [2.24, 2.45) is 0 Å². The monoisotopic (exact) mass is 218 g/mol. The van der Waals surface area contributed by atoms with Crippen LogP contribution in [0.25, 0.3) is 0 Å². The molecule has 1 aromatic rings. The molecule has 1 heterocycles. The van der Waals surface area contributed by atoms with Crippen LogP contribution < -0.4 is 0 Å². The van der Waals surface area contributed by atoms with E-state index in [0.717, 1.165) is 36.9 Å². The molecule has 0 aliphatic heterocycles. The number of hydrogen-bond donors (Lipinski definition) is 1. The second-order valence-electron chi connectivity index (χ2n) is 3.52. The lowest BCUT2D eigenvalue weighted by Gasteiger charge is -2.10. The van der Waals surface area contributed by atoms with E-state index in [1.54, 1.807) is 0 Å². The third kappa shape index (κ3) is 1.95. The molecule has 0 saturated carbocycles. The summed E-state index contributed by atoms with van der Waals surface area (Å²) in [6.07, 6.45) is 3.79. The maximum Gasteiger partial charge on any atom is 0.308 e. The molecular formula is C8H11FN2O2S. The first-order valence-electron chi connectivity index (χ1n) is 4.53. The largest absolute Gasteiger partial charge is 0.308 e. The molecule has 14 heavy (non-hydrogen) atoms. The maximum absolute atomic E-state index is 12.4. The minimum absolute atomic E-state index is 0.349. The number of aryl methyl sites for hydroxylation is 1. The van der Waals surface area contributed by atoms with Crippen LogP contribution in [-0.2, 0) is 28.8 Å². The number of rotatable bonds is 2. The Kier molecular flexibility index (Phi) is 2.30. The highest BCUT2D eigenvalue weighted by Gasteiger charge is 2.20. The lowest BCUT2D eigenvalue weighted by molar-refractivity contribution is 0.550. The van der Waals surface area contributed by atoms with E-state index in [1.807, 2.05) is 0 Å². The predicted octanol–water partition coefficient (Wildman–Crippen LogP) is 1.09. The van der Waals surface area contributed by atoms with E-state index in [2.05, 4.69) is 10.2 Å². The fourth-order valence-corrected chi connectivity index (χ4v) is 2.40. The maximum atomic E-state index is 12.4. The normalized spacial score (nSPS) is 16.6. The number of halogens is 1. The number of aromatic amines is 1. The van der Waals surface area contributed by atoms with Crippen molar-refractivity contribution in [3.63, 3.8) is 0 Å². The minimum atomic E-state index is -4.46. The highest BCUT2D eigenvalue weighted by atomic mass is 32.3. The SMILES string of the molecule is O=S(=O)(F)Cc1n[nH]c2c1CCCC2. The molecular weight excluding hydrogens is 207 g/mol. The predicted molar refractivity (Wildman–Crippen MR) is 49.0 cm³/mol. The molecule has 1 N–H and O–H groups in total. The zero-order valence-electron chi connectivity index (χ0n) is 7.59. The van der Waals surface area contributed by atoms with E-state index in [4.69, 9.17) is 0 Å². The summed E-state index contributed by atoms with van der Waals surface area (Å²) >= 11 is 0. The third-order valence-corrected chi connectivity index (χ3v) is 3.07. The van der Waals surface area contributed by atoms with Crippen molar-refractivity contribution in [2.75, 3.05) is 0 Å². The summed E-state index contributed by atoms with van der Waals surface area (Å²) in [4.78, 5) is 0. The number of hydrogen-bond acceptors (Lipinski definition) is 3. The van der Waals surface area contributed by atoms with Gasteiger partial charge in [-0.2, -0.15) is 13.5 Å². The van der Waals surface area contributed by atoms with Crippen molar-refractivity contribution < 1.29 is 12.3 Å². The van der Waals surface area contributed by atoms with Crippen molar-refractivity contribution >= 4 is 10.2 Å². The molecule has 0 atom stereocenters. The van der Waals surface area contributed by atoms with Gasteiger partial charge in [-0.05, 0) is 31.2 Å². The number of fused-ring (bicyclic) bond motifs is 1. The van der Waals surface area contributed by atoms with Crippen LogP contribution in [0, 0.1) is 0 Å². The van der Waals surface area contributed by atoms with Crippen LogP contribution in [0.3, 0.4) is 0 Å². The van der Waals surface area contributed by atoms with Gasteiger partial charge in [0.15, 0.2) is 0 Å². The number of nitrogens with zero attached hydrogens (tertiary/aromatic N) is 1. The van der Waals surface area contributed by atoms with Gasteiger partial charge in [-0.1, -0.05) is 0 Å². The van der Waals surface area contributed by atoms with Gasteiger partial charge in [0, 0.05) is 5.69 Å². The zero-order chi connectivity index (χ0) is 10.2. The molecule has 0 aromatic carbocycles. The van der Waals surface area contributed by atoms with Crippen LogP contribution in [0.15, 0.2) is 0 Å². The zero-order valence-corrected chi connectivity index (χ0v) is 8.40. The second kappa shape index (κ2) is 3.34. The Labute approximate surface area is 81.7 Å². The van der Waals surface area contributed by atoms with Crippen molar-refractivity contribution in [2.45, 2.75) is 31.4 Å². The smallest absolute Gasteiger partial charge is 0.282 e. The lowest BCUT2D eigenvalue weighted by atomic mass is 9.96. The summed E-state index contributed by atoms with van der Waals surface area (Å²) in [5.74, 6) is -0.598. The van der Waals surface area contributed by atoms with E-state index >= 15 is 0 Å².